The van der Waals surface area contributed by atoms with Gasteiger partial charge in [-0.1, -0.05) is 22.9 Å². The van der Waals surface area contributed by atoms with Crippen molar-refractivity contribution in [3.63, 3.8) is 0 Å². The molecule has 0 atom stereocenters. The number of rotatable bonds is 5. The van der Waals surface area contributed by atoms with Gasteiger partial charge in [0.15, 0.2) is 5.78 Å². The van der Waals surface area contributed by atoms with Crippen LogP contribution in [-0.4, -0.2) is 12.9 Å². The molecule has 1 aromatic heterocycles. The van der Waals surface area contributed by atoms with Crippen LogP contribution in [0.2, 0.25) is 0 Å². The zero-order valence-electron chi connectivity index (χ0n) is 10.9. The summed E-state index contributed by atoms with van der Waals surface area (Å²) in [7, 11) is 1.58. The van der Waals surface area contributed by atoms with Crippen LogP contribution in [0.1, 0.15) is 27.0 Å². The molecule has 0 radical (unpaired) electrons. The van der Waals surface area contributed by atoms with Gasteiger partial charge in [0.1, 0.15) is 5.75 Å². The van der Waals surface area contributed by atoms with Crippen LogP contribution in [0.4, 0.5) is 0 Å². The van der Waals surface area contributed by atoms with Gasteiger partial charge in [0, 0.05) is 20.6 Å². The Labute approximate surface area is 125 Å². The van der Waals surface area contributed by atoms with Gasteiger partial charge in [-0.05, 0) is 36.8 Å². The van der Waals surface area contributed by atoms with Crippen molar-refractivity contribution in [2.45, 2.75) is 19.8 Å². The minimum absolute atomic E-state index is 0.0915. The van der Waals surface area contributed by atoms with E-state index in [4.69, 9.17) is 4.74 Å². The maximum atomic E-state index is 12.3. The molecule has 1 aromatic carbocycles. The number of benzene rings is 1. The number of aryl methyl sites for hydroxylation is 1. The fraction of sp³-hybridized carbons (Fsp3) is 0.267. The van der Waals surface area contributed by atoms with E-state index in [1.807, 2.05) is 18.2 Å². The molecule has 4 heteroatoms. The van der Waals surface area contributed by atoms with E-state index >= 15 is 0 Å². The predicted octanol–water partition coefficient (Wildman–Crippen LogP) is 4.51. The Morgan fingerprint density at radius 3 is 2.63 bits per heavy atom. The Kier molecular flexibility index (Phi) is 4.77. The van der Waals surface area contributed by atoms with Gasteiger partial charge < -0.3 is 4.74 Å². The Balaban J connectivity index is 2.20. The van der Waals surface area contributed by atoms with Crippen LogP contribution in [0.15, 0.2) is 34.8 Å². The Bertz CT molecular complexity index is 590. The lowest BCUT2D eigenvalue weighted by Crippen LogP contribution is -2.04. The SMILES string of the molecule is CCc1ccc(CC(=O)c2ccc(Br)cc2OC)s1. The van der Waals surface area contributed by atoms with Gasteiger partial charge in [0.25, 0.3) is 0 Å². The van der Waals surface area contributed by atoms with E-state index in [9.17, 15) is 4.79 Å². The molecular formula is C15H15BrO2S. The average molecular weight is 339 g/mol. The van der Waals surface area contributed by atoms with Crippen molar-refractivity contribution in [1.82, 2.24) is 0 Å². The molecule has 0 aliphatic rings. The van der Waals surface area contributed by atoms with Gasteiger partial charge in [-0.2, -0.15) is 0 Å². The summed E-state index contributed by atoms with van der Waals surface area (Å²) in [5.74, 6) is 0.709. The molecule has 0 spiro atoms. The molecule has 0 aliphatic heterocycles. The average Bonchev–Trinajstić information content (AvgIpc) is 2.86. The minimum Gasteiger partial charge on any atom is -0.496 e. The van der Waals surface area contributed by atoms with Gasteiger partial charge in [-0.25, -0.2) is 0 Å². The Morgan fingerprint density at radius 1 is 1.26 bits per heavy atom. The summed E-state index contributed by atoms with van der Waals surface area (Å²) < 4.78 is 6.17. The molecule has 0 saturated heterocycles. The van der Waals surface area contributed by atoms with Crippen molar-refractivity contribution in [2.75, 3.05) is 7.11 Å². The molecule has 0 amide bonds. The number of methoxy groups -OCH3 is 1. The summed E-state index contributed by atoms with van der Waals surface area (Å²) in [4.78, 5) is 14.7. The van der Waals surface area contributed by atoms with Gasteiger partial charge in [-0.15, -0.1) is 11.3 Å². The third kappa shape index (κ3) is 3.45. The second kappa shape index (κ2) is 6.35. The highest BCUT2D eigenvalue weighted by molar-refractivity contribution is 9.10. The number of hydrogen-bond donors (Lipinski definition) is 0. The summed E-state index contributed by atoms with van der Waals surface area (Å²) in [5, 5.41) is 0. The van der Waals surface area contributed by atoms with Gasteiger partial charge >= 0.3 is 0 Å². The molecule has 19 heavy (non-hydrogen) atoms. The zero-order chi connectivity index (χ0) is 13.8. The molecule has 0 bridgehead atoms. The van der Waals surface area contributed by atoms with Crippen molar-refractivity contribution >= 4 is 33.0 Å². The Hall–Kier alpha value is -1.13. The fourth-order valence-electron chi connectivity index (χ4n) is 1.86. The number of halogens is 1. The number of thiophene rings is 1. The summed E-state index contributed by atoms with van der Waals surface area (Å²) in [6.45, 7) is 2.12. The third-order valence-corrected chi connectivity index (χ3v) is 4.59. The number of ketones is 1. The lowest BCUT2D eigenvalue weighted by molar-refractivity contribution is 0.0991. The van der Waals surface area contributed by atoms with Crippen molar-refractivity contribution < 1.29 is 9.53 Å². The topological polar surface area (TPSA) is 26.3 Å². The fourth-order valence-corrected chi connectivity index (χ4v) is 3.15. The van der Waals surface area contributed by atoms with E-state index in [2.05, 4.69) is 28.9 Å². The van der Waals surface area contributed by atoms with Crippen LogP contribution in [0, 0.1) is 0 Å². The number of Topliss-reactive ketones (excluding diaryl/α,β-unsaturated/α-hetero) is 1. The molecule has 2 nitrogen and oxygen atoms in total. The number of carbonyl (C=O) groups is 1. The van der Waals surface area contributed by atoms with Gasteiger partial charge in [0.05, 0.1) is 12.7 Å². The monoisotopic (exact) mass is 338 g/mol. The maximum absolute atomic E-state index is 12.3. The van der Waals surface area contributed by atoms with Crippen LogP contribution in [0.5, 0.6) is 5.75 Å². The first-order valence-electron chi connectivity index (χ1n) is 6.08. The first-order valence-corrected chi connectivity index (χ1v) is 7.69. The van der Waals surface area contributed by atoms with E-state index < -0.39 is 0 Å². The van der Waals surface area contributed by atoms with Crippen molar-refractivity contribution in [3.05, 3.63) is 50.1 Å². The number of carbonyl (C=O) groups excluding carboxylic acids is 1. The highest BCUT2D eigenvalue weighted by Gasteiger charge is 2.14. The first-order chi connectivity index (χ1) is 9.13. The number of hydrogen-bond acceptors (Lipinski definition) is 3. The summed E-state index contributed by atoms with van der Waals surface area (Å²) in [6.07, 6.45) is 1.45. The van der Waals surface area contributed by atoms with Crippen LogP contribution in [-0.2, 0) is 12.8 Å². The largest absolute Gasteiger partial charge is 0.496 e. The maximum Gasteiger partial charge on any atom is 0.171 e. The molecule has 0 aliphatic carbocycles. The zero-order valence-corrected chi connectivity index (χ0v) is 13.3. The lowest BCUT2D eigenvalue weighted by atomic mass is 10.1. The smallest absolute Gasteiger partial charge is 0.171 e. The predicted molar refractivity (Wildman–Crippen MR) is 82.4 cm³/mol. The summed E-state index contributed by atoms with van der Waals surface area (Å²) in [6, 6.07) is 9.61. The standard InChI is InChI=1S/C15H15BrO2S/c1-3-11-5-6-12(19-11)9-14(17)13-7-4-10(16)8-15(13)18-2/h4-8H,3,9H2,1-2H3. The van der Waals surface area contributed by atoms with E-state index in [1.54, 1.807) is 24.5 Å². The van der Waals surface area contributed by atoms with Crippen molar-refractivity contribution in [1.29, 1.82) is 0 Å². The van der Waals surface area contributed by atoms with Crippen molar-refractivity contribution in [3.8, 4) is 5.75 Å². The van der Waals surface area contributed by atoms with Gasteiger partial charge in [0.2, 0.25) is 0 Å². The third-order valence-electron chi connectivity index (χ3n) is 2.86. The highest BCUT2D eigenvalue weighted by Crippen LogP contribution is 2.26. The van der Waals surface area contributed by atoms with Crippen LogP contribution in [0.3, 0.4) is 0 Å². The lowest BCUT2D eigenvalue weighted by Gasteiger charge is -2.07. The molecule has 0 unspecified atom stereocenters. The van der Waals surface area contributed by atoms with Crippen LogP contribution >= 0.6 is 27.3 Å². The second-order valence-electron chi connectivity index (χ2n) is 4.17. The van der Waals surface area contributed by atoms with E-state index in [-0.39, 0.29) is 5.78 Å². The molecule has 2 rings (SSSR count). The normalized spacial score (nSPS) is 10.5. The van der Waals surface area contributed by atoms with Crippen molar-refractivity contribution in [2.24, 2.45) is 0 Å². The van der Waals surface area contributed by atoms with Gasteiger partial charge in [-0.3, -0.25) is 4.79 Å². The van der Waals surface area contributed by atoms with E-state index in [0.29, 0.717) is 17.7 Å². The molecular weight excluding hydrogens is 324 g/mol. The molecule has 1 heterocycles. The van der Waals surface area contributed by atoms with E-state index in [0.717, 1.165) is 15.8 Å². The molecule has 0 saturated carbocycles. The highest BCUT2D eigenvalue weighted by atomic mass is 79.9. The summed E-state index contributed by atoms with van der Waals surface area (Å²) >= 11 is 5.08. The molecule has 0 fully saturated rings. The molecule has 2 aromatic rings. The van der Waals surface area contributed by atoms with Crippen LogP contribution < -0.4 is 4.74 Å². The molecule has 100 valence electrons. The summed E-state index contributed by atoms with van der Waals surface area (Å²) in [5.41, 5.74) is 0.636. The number of ether oxygens (including phenoxy) is 1. The minimum atomic E-state index is 0.0915. The second-order valence-corrected chi connectivity index (χ2v) is 6.33. The first kappa shape index (κ1) is 14.3. The van der Waals surface area contributed by atoms with E-state index in [1.165, 1.54) is 4.88 Å². The quantitative estimate of drug-likeness (QED) is 0.750. The van der Waals surface area contributed by atoms with Crippen LogP contribution in [0.25, 0.3) is 0 Å². The Morgan fingerprint density at radius 2 is 2.00 bits per heavy atom. The molecule has 0 N–H and O–H groups in total.